The van der Waals surface area contributed by atoms with Gasteiger partial charge in [0, 0.05) is 25.0 Å². The van der Waals surface area contributed by atoms with Gasteiger partial charge in [0.15, 0.2) is 0 Å². The van der Waals surface area contributed by atoms with E-state index in [0.717, 1.165) is 4.88 Å². The lowest BCUT2D eigenvalue weighted by Gasteiger charge is -2.23. The highest BCUT2D eigenvalue weighted by atomic mass is 32.1. The van der Waals surface area contributed by atoms with Crippen LogP contribution in [0.2, 0.25) is 0 Å². The maximum Gasteiger partial charge on any atom is 0.242 e. The molecule has 0 fully saturated rings. The van der Waals surface area contributed by atoms with Crippen molar-refractivity contribution in [2.75, 3.05) is 26.7 Å². The molecule has 0 radical (unpaired) electrons. The first-order chi connectivity index (χ1) is 8.58. The summed E-state index contributed by atoms with van der Waals surface area (Å²) in [4.78, 5) is 28.0. The second-order valence-corrected chi connectivity index (χ2v) is 5.10. The highest BCUT2D eigenvalue weighted by molar-refractivity contribution is 7.10. The van der Waals surface area contributed by atoms with Crippen molar-refractivity contribution in [1.29, 1.82) is 0 Å². The number of rotatable bonds is 6. The summed E-state index contributed by atoms with van der Waals surface area (Å²) in [6.45, 7) is 5.40. The van der Waals surface area contributed by atoms with E-state index in [4.69, 9.17) is 0 Å². The van der Waals surface area contributed by atoms with E-state index in [0.29, 0.717) is 19.5 Å². The predicted octanol–water partition coefficient (Wildman–Crippen LogP) is 1.62. The van der Waals surface area contributed by atoms with Crippen molar-refractivity contribution >= 4 is 23.2 Å². The molecular weight excluding hydrogens is 248 g/mol. The molecule has 18 heavy (non-hydrogen) atoms. The SMILES string of the molecule is CCN(CC)C(=O)CN(C)C(=O)Cc1cccs1. The van der Waals surface area contributed by atoms with Crippen LogP contribution in [0.5, 0.6) is 0 Å². The Balaban J connectivity index is 2.47. The van der Waals surface area contributed by atoms with Crippen LogP contribution in [-0.4, -0.2) is 48.3 Å². The van der Waals surface area contributed by atoms with E-state index in [9.17, 15) is 9.59 Å². The van der Waals surface area contributed by atoms with Crippen molar-refractivity contribution in [2.45, 2.75) is 20.3 Å². The van der Waals surface area contributed by atoms with Crippen LogP contribution < -0.4 is 0 Å². The predicted molar refractivity (Wildman–Crippen MR) is 73.6 cm³/mol. The van der Waals surface area contributed by atoms with Gasteiger partial charge >= 0.3 is 0 Å². The molecule has 0 aliphatic heterocycles. The minimum Gasteiger partial charge on any atom is -0.342 e. The van der Waals surface area contributed by atoms with E-state index in [2.05, 4.69) is 0 Å². The Morgan fingerprint density at radius 2 is 1.89 bits per heavy atom. The largest absolute Gasteiger partial charge is 0.342 e. The van der Waals surface area contributed by atoms with E-state index in [1.54, 1.807) is 23.3 Å². The molecule has 0 saturated carbocycles. The van der Waals surface area contributed by atoms with Gasteiger partial charge in [-0.15, -0.1) is 11.3 Å². The molecule has 5 heteroatoms. The zero-order chi connectivity index (χ0) is 13.5. The lowest BCUT2D eigenvalue weighted by atomic mass is 10.3. The van der Waals surface area contributed by atoms with Crippen LogP contribution in [0.3, 0.4) is 0 Å². The average molecular weight is 268 g/mol. The maximum atomic E-state index is 11.9. The fourth-order valence-corrected chi connectivity index (χ4v) is 2.36. The van der Waals surface area contributed by atoms with Gasteiger partial charge in [0.2, 0.25) is 11.8 Å². The standard InChI is InChI=1S/C13H20N2O2S/c1-4-15(5-2)13(17)10-14(3)12(16)9-11-7-6-8-18-11/h6-8H,4-5,9-10H2,1-3H3. The third-order valence-corrected chi connectivity index (χ3v) is 3.70. The molecule has 0 aliphatic carbocycles. The zero-order valence-corrected chi connectivity index (χ0v) is 12.0. The normalized spacial score (nSPS) is 10.2. The van der Waals surface area contributed by atoms with Gasteiger partial charge in [-0.3, -0.25) is 9.59 Å². The molecule has 0 atom stereocenters. The summed E-state index contributed by atoms with van der Waals surface area (Å²) in [5.41, 5.74) is 0. The lowest BCUT2D eigenvalue weighted by Crippen LogP contribution is -2.41. The first-order valence-corrected chi connectivity index (χ1v) is 7.00. The smallest absolute Gasteiger partial charge is 0.242 e. The molecule has 1 rings (SSSR count). The Hall–Kier alpha value is -1.36. The Bertz CT molecular complexity index is 386. The van der Waals surface area contributed by atoms with Gasteiger partial charge in [-0.1, -0.05) is 6.07 Å². The topological polar surface area (TPSA) is 40.6 Å². The summed E-state index contributed by atoms with van der Waals surface area (Å²) < 4.78 is 0. The van der Waals surface area contributed by atoms with Crippen molar-refractivity contribution in [1.82, 2.24) is 9.80 Å². The van der Waals surface area contributed by atoms with Crippen molar-refractivity contribution in [2.24, 2.45) is 0 Å². The Morgan fingerprint density at radius 1 is 1.22 bits per heavy atom. The second-order valence-electron chi connectivity index (χ2n) is 4.07. The Labute approximate surface area is 112 Å². The molecule has 2 amide bonds. The number of amides is 2. The monoisotopic (exact) mass is 268 g/mol. The minimum atomic E-state index is -0.0158. The fraction of sp³-hybridized carbons (Fsp3) is 0.538. The lowest BCUT2D eigenvalue weighted by molar-refractivity contribution is -0.138. The summed E-state index contributed by atoms with van der Waals surface area (Å²) in [6, 6.07) is 3.86. The molecule has 0 saturated heterocycles. The molecule has 0 unspecified atom stereocenters. The molecular formula is C13H20N2O2S. The first-order valence-electron chi connectivity index (χ1n) is 6.12. The van der Waals surface area contributed by atoms with Gasteiger partial charge in [-0.25, -0.2) is 0 Å². The molecule has 0 bridgehead atoms. The molecule has 100 valence electrons. The van der Waals surface area contributed by atoms with E-state index in [1.807, 2.05) is 31.4 Å². The molecule has 0 N–H and O–H groups in total. The minimum absolute atomic E-state index is 0.00188. The average Bonchev–Trinajstić information content (AvgIpc) is 2.83. The van der Waals surface area contributed by atoms with Gasteiger partial charge in [0.1, 0.15) is 0 Å². The highest BCUT2D eigenvalue weighted by Crippen LogP contribution is 2.10. The molecule has 0 aliphatic rings. The van der Waals surface area contributed by atoms with Crippen molar-refractivity contribution in [3.63, 3.8) is 0 Å². The van der Waals surface area contributed by atoms with E-state index >= 15 is 0 Å². The quantitative estimate of drug-likeness (QED) is 0.786. The number of carbonyl (C=O) groups excluding carboxylic acids is 2. The number of nitrogens with zero attached hydrogens (tertiary/aromatic N) is 2. The Kier molecular flexibility index (Phi) is 5.85. The van der Waals surface area contributed by atoms with Gasteiger partial charge in [0.25, 0.3) is 0 Å². The van der Waals surface area contributed by atoms with Crippen molar-refractivity contribution in [3.05, 3.63) is 22.4 Å². The summed E-state index contributed by atoms with van der Waals surface area (Å²) in [5, 5.41) is 1.95. The molecule has 1 heterocycles. The second kappa shape index (κ2) is 7.16. The number of hydrogen-bond acceptors (Lipinski definition) is 3. The van der Waals surface area contributed by atoms with Gasteiger partial charge in [-0.2, -0.15) is 0 Å². The fourth-order valence-electron chi connectivity index (χ4n) is 1.66. The van der Waals surface area contributed by atoms with Crippen molar-refractivity contribution in [3.8, 4) is 0 Å². The third-order valence-electron chi connectivity index (χ3n) is 2.82. The maximum absolute atomic E-state index is 11.9. The molecule has 1 aromatic heterocycles. The van der Waals surface area contributed by atoms with Crippen LogP contribution >= 0.6 is 11.3 Å². The van der Waals surface area contributed by atoms with E-state index < -0.39 is 0 Å². The first kappa shape index (κ1) is 14.7. The number of likely N-dealkylation sites (N-methyl/N-ethyl adjacent to an activating group) is 2. The van der Waals surface area contributed by atoms with E-state index in [-0.39, 0.29) is 18.4 Å². The third kappa shape index (κ3) is 4.14. The summed E-state index contributed by atoms with van der Waals surface area (Å²) in [6.07, 6.45) is 0.375. The van der Waals surface area contributed by atoms with Crippen LogP contribution in [0, 0.1) is 0 Å². The summed E-state index contributed by atoms with van der Waals surface area (Å²) in [5.74, 6) is -0.0139. The van der Waals surface area contributed by atoms with Crippen LogP contribution in [0.25, 0.3) is 0 Å². The van der Waals surface area contributed by atoms with Crippen LogP contribution in [0.4, 0.5) is 0 Å². The van der Waals surface area contributed by atoms with Crippen LogP contribution in [-0.2, 0) is 16.0 Å². The molecule has 4 nitrogen and oxygen atoms in total. The number of hydrogen-bond donors (Lipinski definition) is 0. The number of thiophene rings is 1. The van der Waals surface area contributed by atoms with Crippen LogP contribution in [0.15, 0.2) is 17.5 Å². The molecule has 0 spiro atoms. The molecule has 1 aromatic rings. The van der Waals surface area contributed by atoms with Gasteiger partial charge < -0.3 is 9.80 Å². The van der Waals surface area contributed by atoms with Gasteiger partial charge in [-0.05, 0) is 25.3 Å². The van der Waals surface area contributed by atoms with Gasteiger partial charge in [0.05, 0.1) is 13.0 Å². The highest BCUT2D eigenvalue weighted by Gasteiger charge is 2.16. The zero-order valence-electron chi connectivity index (χ0n) is 11.2. The number of carbonyl (C=O) groups is 2. The Morgan fingerprint density at radius 3 is 2.39 bits per heavy atom. The van der Waals surface area contributed by atoms with Crippen LogP contribution in [0.1, 0.15) is 18.7 Å². The summed E-state index contributed by atoms with van der Waals surface area (Å²) in [7, 11) is 1.68. The summed E-state index contributed by atoms with van der Waals surface area (Å²) >= 11 is 1.56. The van der Waals surface area contributed by atoms with Crippen molar-refractivity contribution < 1.29 is 9.59 Å². The van der Waals surface area contributed by atoms with E-state index in [1.165, 1.54) is 4.90 Å². The molecule has 0 aromatic carbocycles.